The lowest BCUT2D eigenvalue weighted by Crippen LogP contribution is -2.35. The molecule has 0 spiro atoms. The van der Waals surface area contributed by atoms with E-state index >= 15 is 0 Å². The third-order valence-electron chi connectivity index (χ3n) is 4.26. The number of carbonyl (C=O) groups is 1. The van der Waals surface area contributed by atoms with E-state index in [1.165, 1.54) is 5.56 Å². The Balaban J connectivity index is 2.28. The average molecular weight is 349 g/mol. The van der Waals surface area contributed by atoms with Crippen LogP contribution in [0, 0.1) is 11.3 Å². The van der Waals surface area contributed by atoms with Crippen LogP contribution >= 0.6 is 15.9 Å². The topological polar surface area (TPSA) is 34.9 Å². The average Bonchev–Trinajstić information content (AvgIpc) is 3.00. The second kappa shape index (κ2) is 6.56. The molecule has 0 saturated carbocycles. The summed E-state index contributed by atoms with van der Waals surface area (Å²) in [5.41, 5.74) is 1.12. The van der Waals surface area contributed by atoms with Crippen LogP contribution in [0.15, 0.2) is 47.5 Å². The van der Waals surface area contributed by atoms with Crippen LogP contribution in [0.2, 0.25) is 0 Å². The van der Waals surface area contributed by atoms with Crippen LogP contribution in [0.3, 0.4) is 0 Å². The molecular weight excluding hydrogens is 328 g/mol. The molecule has 1 aromatic heterocycles. The van der Waals surface area contributed by atoms with E-state index in [4.69, 9.17) is 0 Å². The molecule has 0 bridgehead atoms. The first-order chi connectivity index (χ1) is 9.94. The molecular formula is C17H21BrN2O. The van der Waals surface area contributed by atoms with Crippen LogP contribution in [0.5, 0.6) is 0 Å². The smallest absolute Gasteiger partial charge is 0.235 e. The van der Waals surface area contributed by atoms with E-state index in [1.807, 2.05) is 12.1 Å². The number of carbonyl (C=O) groups excluding carboxylic acids is 1. The molecule has 4 heteroatoms. The Hall–Kier alpha value is -1.42. The molecule has 112 valence electrons. The van der Waals surface area contributed by atoms with Gasteiger partial charge in [0.25, 0.3) is 0 Å². The van der Waals surface area contributed by atoms with Gasteiger partial charge in [-0.2, -0.15) is 0 Å². The molecule has 0 aliphatic carbocycles. The van der Waals surface area contributed by atoms with Crippen molar-refractivity contribution in [2.75, 3.05) is 0 Å². The molecule has 0 N–H and O–H groups in total. The minimum absolute atomic E-state index is 0.0611. The molecule has 0 aliphatic heterocycles. The van der Waals surface area contributed by atoms with E-state index in [1.54, 1.807) is 23.3 Å². The minimum Gasteiger partial charge on any atom is -0.276 e. The highest BCUT2D eigenvalue weighted by Crippen LogP contribution is 2.34. The van der Waals surface area contributed by atoms with Crippen LogP contribution in [-0.2, 0) is 6.42 Å². The van der Waals surface area contributed by atoms with Gasteiger partial charge in [-0.1, -0.05) is 55.3 Å². The molecule has 0 radical (unpaired) electrons. The summed E-state index contributed by atoms with van der Waals surface area (Å²) in [6.45, 7) is 6.45. The largest absolute Gasteiger partial charge is 0.276 e. The zero-order valence-electron chi connectivity index (χ0n) is 12.7. The number of benzene rings is 1. The number of rotatable bonds is 5. The molecule has 3 nitrogen and oxygen atoms in total. The molecule has 0 amide bonds. The van der Waals surface area contributed by atoms with E-state index < -0.39 is 0 Å². The maximum Gasteiger partial charge on any atom is 0.235 e. The number of hydrogen-bond donors (Lipinski definition) is 0. The fraction of sp³-hybridized carbons (Fsp3) is 0.412. The predicted octanol–water partition coefficient (Wildman–Crippen LogP) is 4.58. The van der Waals surface area contributed by atoms with Crippen molar-refractivity contribution in [3.05, 3.63) is 53.0 Å². The van der Waals surface area contributed by atoms with Gasteiger partial charge in [0, 0.05) is 22.8 Å². The summed E-state index contributed by atoms with van der Waals surface area (Å²) in [6.07, 6.45) is 6.65. The zero-order chi connectivity index (χ0) is 15.5. The molecule has 0 fully saturated rings. The van der Waals surface area contributed by atoms with Gasteiger partial charge in [-0.3, -0.25) is 9.36 Å². The van der Waals surface area contributed by atoms with Crippen molar-refractivity contribution in [1.82, 2.24) is 9.55 Å². The molecule has 1 heterocycles. The maximum absolute atomic E-state index is 12.8. The second-order valence-electron chi connectivity index (χ2n) is 6.03. The number of hydrogen-bond acceptors (Lipinski definition) is 2. The van der Waals surface area contributed by atoms with E-state index in [9.17, 15) is 4.79 Å². The van der Waals surface area contributed by atoms with E-state index in [0.717, 1.165) is 17.3 Å². The second-order valence-corrected chi connectivity index (χ2v) is 6.95. The molecule has 0 aliphatic rings. The summed E-state index contributed by atoms with van der Waals surface area (Å²) in [7, 11) is 0. The van der Waals surface area contributed by atoms with Crippen molar-refractivity contribution < 1.29 is 4.79 Å². The van der Waals surface area contributed by atoms with E-state index in [2.05, 4.69) is 53.8 Å². The lowest BCUT2D eigenvalue weighted by atomic mass is 9.73. The zero-order valence-corrected chi connectivity index (χ0v) is 14.3. The molecule has 1 unspecified atom stereocenters. The summed E-state index contributed by atoms with van der Waals surface area (Å²) < 4.78 is 2.65. The molecule has 2 aromatic rings. The van der Waals surface area contributed by atoms with Gasteiger partial charge in [-0.25, -0.2) is 4.98 Å². The van der Waals surface area contributed by atoms with Crippen molar-refractivity contribution in [2.24, 2.45) is 11.3 Å². The SMILES string of the molecule is CCC(C)(C)C(Cc1ccc(Br)cc1)C(=O)n1ccnc1. The normalized spacial score (nSPS) is 13.1. The molecule has 1 atom stereocenters. The maximum atomic E-state index is 12.8. The monoisotopic (exact) mass is 348 g/mol. The van der Waals surface area contributed by atoms with Crippen molar-refractivity contribution in [3.8, 4) is 0 Å². The van der Waals surface area contributed by atoms with Gasteiger partial charge in [0.1, 0.15) is 6.33 Å². The Morgan fingerprint density at radius 3 is 2.52 bits per heavy atom. The number of halogens is 1. The summed E-state index contributed by atoms with van der Waals surface area (Å²) in [5.74, 6) is 0.0418. The van der Waals surface area contributed by atoms with Crippen molar-refractivity contribution >= 4 is 21.8 Å². The van der Waals surface area contributed by atoms with E-state index in [-0.39, 0.29) is 17.2 Å². The van der Waals surface area contributed by atoms with Crippen LogP contribution < -0.4 is 0 Å². The lowest BCUT2D eigenvalue weighted by Gasteiger charge is -2.32. The Morgan fingerprint density at radius 2 is 2.00 bits per heavy atom. The Bertz CT molecular complexity index is 588. The fourth-order valence-corrected chi connectivity index (χ4v) is 2.63. The Morgan fingerprint density at radius 1 is 1.33 bits per heavy atom. The molecule has 2 rings (SSSR count). The quantitative estimate of drug-likeness (QED) is 0.792. The molecule has 0 saturated heterocycles. The van der Waals surface area contributed by atoms with Crippen LogP contribution in [0.4, 0.5) is 0 Å². The predicted molar refractivity (Wildman–Crippen MR) is 88.3 cm³/mol. The first kappa shape index (κ1) is 16.0. The van der Waals surface area contributed by atoms with Gasteiger partial charge in [-0.05, 0) is 29.5 Å². The number of nitrogens with zero attached hydrogens (tertiary/aromatic N) is 2. The summed E-state index contributed by atoms with van der Waals surface area (Å²) >= 11 is 3.45. The van der Waals surface area contributed by atoms with Gasteiger partial charge in [0.05, 0.1) is 0 Å². The third-order valence-corrected chi connectivity index (χ3v) is 4.79. The van der Waals surface area contributed by atoms with Crippen molar-refractivity contribution in [3.63, 3.8) is 0 Å². The van der Waals surface area contributed by atoms with Gasteiger partial charge < -0.3 is 0 Å². The lowest BCUT2D eigenvalue weighted by molar-refractivity contribution is 0.0695. The van der Waals surface area contributed by atoms with Crippen LogP contribution in [0.25, 0.3) is 0 Å². The van der Waals surface area contributed by atoms with Crippen LogP contribution in [-0.4, -0.2) is 15.5 Å². The first-order valence-corrected chi connectivity index (χ1v) is 8.00. The molecule has 1 aromatic carbocycles. The standard InChI is InChI=1S/C17H21BrN2O/c1-4-17(2,3)15(16(21)20-10-9-19-12-20)11-13-5-7-14(18)8-6-13/h5-10,12,15H,4,11H2,1-3H3. The van der Waals surface area contributed by atoms with E-state index in [0.29, 0.717) is 0 Å². The number of imidazole rings is 1. The highest BCUT2D eigenvalue weighted by atomic mass is 79.9. The Kier molecular flexibility index (Phi) is 4.99. The third kappa shape index (κ3) is 3.82. The van der Waals surface area contributed by atoms with Gasteiger partial charge >= 0.3 is 0 Å². The van der Waals surface area contributed by atoms with Crippen LogP contribution in [0.1, 0.15) is 37.6 Å². The summed E-state index contributed by atoms with van der Waals surface area (Å²) in [6, 6.07) is 8.19. The highest BCUT2D eigenvalue weighted by molar-refractivity contribution is 9.10. The van der Waals surface area contributed by atoms with Gasteiger partial charge in [-0.15, -0.1) is 0 Å². The molecule has 21 heavy (non-hydrogen) atoms. The van der Waals surface area contributed by atoms with Crippen molar-refractivity contribution in [1.29, 1.82) is 0 Å². The van der Waals surface area contributed by atoms with Gasteiger partial charge in [0.2, 0.25) is 5.91 Å². The van der Waals surface area contributed by atoms with Gasteiger partial charge in [0.15, 0.2) is 0 Å². The summed E-state index contributed by atoms with van der Waals surface area (Å²) in [5, 5.41) is 0. The highest BCUT2D eigenvalue weighted by Gasteiger charge is 2.34. The first-order valence-electron chi connectivity index (χ1n) is 7.20. The number of aromatic nitrogens is 2. The summed E-state index contributed by atoms with van der Waals surface area (Å²) in [4.78, 5) is 16.8. The fourth-order valence-electron chi connectivity index (χ4n) is 2.37. The minimum atomic E-state index is -0.0714. The Labute approximate surface area is 134 Å². The van der Waals surface area contributed by atoms with Crippen molar-refractivity contribution in [2.45, 2.75) is 33.6 Å².